The number of halogens is 5. The molecule has 2 aromatic carbocycles. The minimum atomic E-state index is -4.86. The van der Waals surface area contributed by atoms with Gasteiger partial charge in [0.25, 0.3) is 10.0 Å². The molecule has 1 saturated carbocycles. The van der Waals surface area contributed by atoms with Gasteiger partial charge in [0.1, 0.15) is 11.6 Å². The van der Waals surface area contributed by atoms with Crippen molar-refractivity contribution >= 4 is 21.6 Å². The predicted molar refractivity (Wildman–Crippen MR) is 98.9 cm³/mol. The molecule has 9 heteroatoms. The van der Waals surface area contributed by atoms with Gasteiger partial charge in [-0.1, -0.05) is 23.7 Å². The van der Waals surface area contributed by atoms with Gasteiger partial charge in [-0.05, 0) is 60.7 Å². The van der Waals surface area contributed by atoms with Crippen LogP contribution in [0.1, 0.15) is 30.9 Å². The van der Waals surface area contributed by atoms with Crippen LogP contribution in [0.15, 0.2) is 42.5 Å². The maximum absolute atomic E-state index is 14.5. The van der Waals surface area contributed by atoms with Gasteiger partial charge < -0.3 is 0 Å². The van der Waals surface area contributed by atoms with Gasteiger partial charge in [0.15, 0.2) is 0 Å². The highest BCUT2D eigenvalue weighted by Gasteiger charge is 2.50. The summed E-state index contributed by atoms with van der Waals surface area (Å²) in [5.41, 5.74) is -0.0349. The normalized spacial score (nSPS) is 22.7. The molecule has 0 unspecified atom stereocenters. The van der Waals surface area contributed by atoms with Crippen LogP contribution in [0.3, 0.4) is 0 Å². The van der Waals surface area contributed by atoms with Crippen molar-refractivity contribution in [2.75, 3.05) is 0 Å². The van der Waals surface area contributed by atoms with Crippen LogP contribution in [-0.2, 0) is 21.9 Å². The summed E-state index contributed by atoms with van der Waals surface area (Å²) in [6.45, 7) is 0.293. The van der Waals surface area contributed by atoms with Gasteiger partial charge in [-0.3, -0.25) is 0 Å². The smallest absolute Gasteiger partial charge is 0.207 e. The second-order valence-corrected chi connectivity index (χ2v) is 9.64. The Hall–Kier alpha value is -1.64. The molecular formula is C19H18ClF4NO2S. The summed E-state index contributed by atoms with van der Waals surface area (Å²) in [6, 6.07) is 9.05. The van der Waals surface area contributed by atoms with Crippen LogP contribution in [0, 0.1) is 11.6 Å². The zero-order valence-electron chi connectivity index (χ0n) is 14.9. The van der Waals surface area contributed by atoms with Crippen LogP contribution in [0.2, 0.25) is 5.02 Å². The van der Waals surface area contributed by atoms with E-state index < -0.39 is 38.4 Å². The van der Waals surface area contributed by atoms with E-state index in [2.05, 4.69) is 0 Å². The lowest BCUT2D eigenvalue weighted by Gasteiger charge is -2.48. The van der Waals surface area contributed by atoms with Gasteiger partial charge in [0.05, 0.1) is 0 Å². The van der Waals surface area contributed by atoms with E-state index in [1.54, 1.807) is 24.3 Å². The van der Waals surface area contributed by atoms with E-state index in [0.717, 1.165) is 23.8 Å². The van der Waals surface area contributed by atoms with Crippen LogP contribution in [0.4, 0.5) is 17.6 Å². The molecule has 0 amide bonds. The first kappa shape index (κ1) is 21.1. The molecule has 0 aromatic heterocycles. The van der Waals surface area contributed by atoms with E-state index >= 15 is 0 Å². The first-order chi connectivity index (χ1) is 12.9. The Kier molecular flexibility index (Phi) is 5.51. The minimum Gasteiger partial charge on any atom is -0.207 e. The molecule has 0 radical (unpaired) electrons. The highest BCUT2D eigenvalue weighted by atomic mass is 35.5. The summed E-state index contributed by atoms with van der Waals surface area (Å²) in [5.74, 6) is -1.26. The van der Waals surface area contributed by atoms with Crippen LogP contribution < -0.4 is 4.72 Å². The molecule has 3 rings (SSSR count). The standard InChI is InChI=1S/C19H18ClF4NO2S/c1-18(23,24)28(26,27)25-15-10-19(11-15,9-12-2-4-13(20)5-3-12)16-8-14(21)6-7-17(16)22/h2-8,15,25H,9-11H2,1H3/t15-,19-. The third-order valence-electron chi connectivity index (χ3n) is 5.02. The van der Waals surface area contributed by atoms with Crippen LogP contribution in [-0.4, -0.2) is 19.7 Å². The summed E-state index contributed by atoms with van der Waals surface area (Å²) in [7, 11) is -4.86. The van der Waals surface area contributed by atoms with Crippen molar-refractivity contribution in [2.24, 2.45) is 0 Å². The second kappa shape index (κ2) is 7.31. The van der Waals surface area contributed by atoms with Gasteiger partial charge in [0.2, 0.25) is 0 Å². The fraction of sp³-hybridized carbons (Fsp3) is 0.368. The van der Waals surface area contributed by atoms with Crippen molar-refractivity contribution in [2.45, 2.75) is 42.9 Å². The average molecular weight is 436 g/mol. The summed E-state index contributed by atoms with van der Waals surface area (Å²) in [6.07, 6.45) is 0.405. The Balaban J connectivity index is 1.90. The molecule has 1 fully saturated rings. The van der Waals surface area contributed by atoms with Crippen molar-refractivity contribution in [3.63, 3.8) is 0 Å². The van der Waals surface area contributed by atoms with E-state index in [9.17, 15) is 26.0 Å². The minimum absolute atomic E-state index is 0.0608. The van der Waals surface area contributed by atoms with Crippen LogP contribution in [0.5, 0.6) is 0 Å². The molecule has 0 aliphatic heterocycles. The van der Waals surface area contributed by atoms with E-state index in [4.69, 9.17) is 11.6 Å². The maximum atomic E-state index is 14.5. The number of hydrogen-bond acceptors (Lipinski definition) is 2. The number of rotatable bonds is 6. The average Bonchev–Trinajstić information content (AvgIpc) is 2.55. The highest BCUT2D eigenvalue weighted by molar-refractivity contribution is 7.90. The summed E-state index contributed by atoms with van der Waals surface area (Å²) < 4.78 is 80.1. The highest BCUT2D eigenvalue weighted by Crippen LogP contribution is 2.48. The fourth-order valence-corrected chi connectivity index (χ4v) is 4.58. The molecule has 28 heavy (non-hydrogen) atoms. The van der Waals surface area contributed by atoms with Crippen molar-refractivity contribution in [3.05, 3.63) is 70.2 Å². The molecule has 2 aromatic rings. The van der Waals surface area contributed by atoms with E-state index in [1.807, 2.05) is 4.72 Å². The molecule has 152 valence electrons. The molecule has 1 aliphatic carbocycles. The quantitative estimate of drug-likeness (QED) is 0.663. The van der Waals surface area contributed by atoms with Gasteiger partial charge in [-0.2, -0.15) is 8.78 Å². The lowest BCUT2D eigenvalue weighted by Crippen LogP contribution is -2.56. The lowest BCUT2D eigenvalue weighted by atomic mass is 9.59. The van der Waals surface area contributed by atoms with Crippen LogP contribution >= 0.6 is 11.6 Å². The Morgan fingerprint density at radius 2 is 1.75 bits per heavy atom. The number of sulfonamides is 1. The fourth-order valence-electron chi connectivity index (χ4n) is 3.65. The lowest BCUT2D eigenvalue weighted by molar-refractivity contribution is 0.107. The molecule has 1 N–H and O–H groups in total. The maximum Gasteiger partial charge on any atom is 0.356 e. The molecule has 0 spiro atoms. The third-order valence-corrected chi connectivity index (χ3v) is 6.86. The molecule has 3 nitrogen and oxygen atoms in total. The monoisotopic (exact) mass is 435 g/mol. The zero-order chi connectivity index (χ0) is 20.7. The summed E-state index contributed by atoms with van der Waals surface area (Å²) in [5, 5.41) is -3.43. The van der Waals surface area contributed by atoms with E-state index in [-0.39, 0.29) is 24.8 Å². The van der Waals surface area contributed by atoms with Crippen molar-refractivity contribution in [3.8, 4) is 0 Å². The number of alkyl halides is 2. The van der Waals surface area contributed by atoms with Crippen LogP contribution in [0.25, 0.3) is 0 Å². The summed E-state index contributed by atoms with van der Waals surface area (Å²) in [4.78, 5) is 0. The molecular weight excluding hydrogens is 418 g/mol. The van der Waals surface area contributed by atoms with E-state index in [0.29, 0.717) is 11.9 Å². The number of benzene rings is 2. The number of hydrogen-bond donors (Lipinski definition) is 1. The summed E-state index contributed by atoms with van der Waals surface area (Å²) >= 11 is 5.87. The van der Waals surface area contributed by atoms with Gasteiger partial charge in [-0.15, -0.1) is 0 Å². The van der Waals surface area contributed by atoms with E-state index in [1.165, 1.54) is 0 Å². The third kappa shape index (κ3) is 4.18. The first-order valence-electron chi connectivity index (χ1n) is 8.52. The Labute approximate surface area is 165 Å². The Bertz CT molecular complexity index is 968. The van der Waals surface area contributed by atoms with Crippen molar-refractivity contribution < 1.29 is 26.0 Å². The van der Waals surface area contributed by atoms with Crippen molar-refractivity contribution in [1.82, 2.24) is 4.72 Å². The van der Waals surface area contributed by atoms with Gasteiger partial charge >= 0.3 is 5.25 Å². The topological polar surface area (TPSA) is 46.2 Å². The SMILES string of the molecule is CC(F)(F)S(=O)(=O)N[C@H]1C[C@](Cc2ccc(Cl)cc2)(c2cc(F)ccc2F)C1. The molecule has 0 heterocycles. The molecule has 1 aliphatic rings. The Morgan fingerprint density at radius 1 is 1.14 bits per heavy atom. The van der Waals surface area contributed by atoms with Gasteiger partial charge in [-0.25, -0.2) is 21.9 Å². The molecule has 0 saturated heterocycles. The Morgan fingerprint density at radius 3 is 2.32 bits per heavy atom. The zero-order valence-corrected chi connectivity index (χ0v) is 16.4. The first-order valence-corrected chi connectivity index (χ1v) is 10.4. The largest absolute Gasteiger partial charge is 0.356 e. The van der Waals surface area contributed by atoms with Gasteiger partial charge in [0, 0.05) is 23.4 Å². The second-order valence-electron chi connectivity index (χ2n) is 7.24. The number of nitrogens with one attached hydrogen (secondary N) is 1. The molecule has 0 atom stereocenters. The molecule has 0 bridgehead atoms. The predicted octanol–water partition coefficient (Wildman–Crippen LogP) is 4.79. The van der Waals surface area contributed by atoms with Crippen molar-refractivity contribution in [1.29, 1.82) is 0 Å².